The van der Waals surface area contributed by atoms with Gasteiger partial charge in [-0.15, -0.1) is 0 Å². The number of aryl methyl sites for hydroxylation is 1. The molecule has 1 heterocycles. The second-order valence-corrected chi connectivity index (χ2v) is 8.71. The van der Waals surface area contributed by atoms with E-state index < -0.39 is 17.7 Å². The van der Waals surface area contributed by atoms with Crippen LogP contribution in [0.3, 0.4) is 0 Å². The Labute approximate surface area is 190 Å². The molecule has 1 unspecified atom stereocenters. The molecule has 0 bridgehead atoms. The summed E-state index contributed by atoms with van der Waals surface area (Å²) in [5.74, 6) is -1.06. The molecule has 1 aliphatic heterocycles. The molecule has 0 saturated heterocycles. The molecular weight excluding hydrogens is 402 g/mol. The van der Waals surface area contributed by atoms with Crippen LogP contribution in [0.4, 0.5) is 5.69 Å². The molecule has 6 nitrogen and oxygen atoms in total. The Morgan fingerprint density at radius 2 is 1.66 bits per heavy atom. The van der Waals surface area contributed by atoms with Crippen molar-refractivity contribution in [2.24, 2.45) is 0 Å². The van der Waals surface area contributed by atoms with Crippen LogP contribution in [-0.2, 0) is 16.0 Å². The van der Waals surface area contributed by atoms with E-state index in [4.69, 9.17) is 0 Å². The Morgan fingerprint density at radius 1 is 1.00 bits per heavy atom. The SMILES string of the molecule is CN(C)CCCN1C(=O)C(O)=C(C(=O)CCc2ccccc2)C1c1ccc(N(C)C)cc1. The summed E-state index contributed by atoms with van der Waals surface area (Å²) >= 11 is 0. The van der Waals surface area contributed by atoms with Gasteiger partial charge in [-0.05, 0) is 56.7 Å². The van der Waals surface area contributed by atoms with Gasteiger partial charge in [0, 0.05) is 32.7 Å². The van der Waals surface area contributed by atoms with Gasteiger partial charge in [0.15, 0.2) is 11.5 Å². The van der Waals surface area contributed by atoms with Crippen LogP contribution in [0.25, 0.3) is 0 Å². The molecule has 170 valence electrons. The van der Waals surface area contributed by atoms with E-state index in [1.807, 2.05) is 87.7 Å². The van der Waals surface area contributed by atoms with E-state index in [0.29, 0.717) is 13.0 Å². The highest BCUT2D eigenvalue weighted by atomic mass is 16.3. The van der Waals surface area contributed by atoms with Crippen LogP contribution >= 0.6 is 0 Å². The maximum absolute atomic E-state index is 13.2. The first-order valence-corrected chi connectivity index (χ1v) is 11.0. The zero-order chi connectivity index (χ0) is 23.3. The maximum atomic E-state index is 13.2. The summed E-state index contributed by atoms with van der Waals surface area (Å²) in [6.07, 6.45) is 1.57. The summed E-state index contributed by atoms with van der Waals surface area (Å²) < 4.78 is 0. The van der Waals surface area contributed by atoms with E-state index in [-0.39, 0.29) is 17.8 Å². The minimum Gasteiger partial charge on any atom is -0.503 e. The van der Waals surface area contributed by atoms with Gasteiger partial charge in [-0.25, -0.2) is 0 Å². The van der Waals surface area contributed by atoms with Crippen LogP contribution in [-0.4, -0.2) is 67.9 Å². The van der Waals surface area contributed by atoms with Crippen molar-refractivity contribution >= 4 is 17.4 Å². The number of Topliss-reactive ketones (excluding diaryl/α,β-unsaturated/α-hetero) is 1. The summed E-state index contributed by atoms with van der Waals surface area (Å²) in [5, 5.41) is 10.7. The molecule has 0 saturated carbocycles. The van der Waals surface area contributed by atoms with E-state index >= 15 is 0 Å². The summed E-state index contributed by atoms with van der Waals surface area (Å²) in [5.41, 5.74) is 3.14. The average molecular weight is 436 g/mol. The van der Waals surface area contributed by atoms with Gasteiger partial charge >= 0.3 is 0 Å². The highest BCUT2D eigenvalue weighted by Gasteiger charge is 2.42. The first-order chi connectivity index (χ1) is 15.3. The molecule has 32 heavy (non-hydrogen) atoms. The molecule has 2 aromatic carbocycles. The molecule has 0 aliphatic carbocycles. The summed E-state index contributed by atoms with van der Waals surface area (Å²) in [6, 6.07) is 17.0. The lowest BCUT2D eigenvalue weighted by atomic mass is 9.93. The van der Waals surface area contributed by atoms with Gasteiger partial charge in [-0.2, -0.15) is 0 Å². The van der Waals surface area contributed by atoms with Crippen LogP contribution in [0.5, 0.6) is 0 Å². The van der Waals surface area contributed by atoms with Crippen molar-refractivity contribution in [1.29, 1.82) is 0 Å². The van der Waals surface area contributed by atoms with Gasteiger partial charge < -0.3 is 19.8 Å². The van der Waals surface area contributed by atoms with Crippen molar-refractivity contribution in [2.45, 2.75) is 25.3 Å². The van der Waals surface area contributed by atoms with Crippen LogP contribution in [0.15, 0.2) is 65.9 Å². The number of benzene rings is 2. The number of aliphatic hydroxyl groups is 1. The Bertz CT molecular complexity index is 966. The molecule has 1 aliphatic rings. The van der Waals surface area contributed by atoms with Crippen molar-refractivity contribution in [3.8, 4) is 0 Å². The number of amides is 1. The Balaban J connectivity index is 1.88. The molecule has 0 radical (unpaired) electrons. The quantitative estimate of drug-likeness (QED) is 0.618. The van der Waals surface area contributed by atoms with Gasteiger partial charge in [0.2, 0.25) is 0 Å². The predicted molar refractivity (Wildman–Crippen MR) is 128 cm³/mol. The van der Waals surface area contributed by atoms with Gasteiger partial charge in [0.05, 0.1) is 11.6 Å². The lowest BCUT2D eigenvalue weighted by Gasteiger charge is -2.28. The zero-order valence-electron chi connectivity index (χ0n) is 19.4. The van der Waals surface area contributed by atoms with E-state index in [9.17, 15) is 14.7 Å². The molecule has 0 spiro atoms. The Kier molecular flexibility index (Phi) is 7.70. The number of hydrogen-bond donors (Lipinski definition) is 1. The maximum Gasteiger partial charge on any atom is 0.290 e. The minimum absolute atomic E-state index is 0.184. The molecule has 0 aromatic heterocycles. The number of carbonyl (C=O) groups excluding carboxylic acids is 2. The van der Waals surface area contributed by atoms with Crippen molar-refractivity contribution in [3.63, 3.8) is 0 Å². The third kappa shape index (κ3) is 5.37. The van der Waals surface area contributed by atoms with Crippen LogP contribution in [0.1, 0.15) is 30.0 Å². The van der Waals surface area contributed by atoms with Crippen LogP contribution in [0.2, 0.25) is 0 Å². The standard InChI is InChI=1S/C26H33N3O3/c1-27(2)17-8-18-29-24(20-12-14-21(15-13-20)28(3)4)23(25(31)26(29)32)22(30)16-11-19-9-6-5-7-10-19/h5-7,9-10,12-15,24,31H,8,11,16-18H2,1-4H3. The third-order valence-corrected chi connectivity index (χ3v) is 5.82. The topological polar surface area (TPSA) is 64.1 Å². The number of ketones is 1. The van der Waals surface area contributed by atoms with E-state index in [2.05, 4.69) is 4.90 Å². The first-order valence-electron chi connectivity index (χ1n) is 11.0. The van der Waals surface area contributed by atoms with Gasteiger partial charge in [0.1, 0.15) is 0 Å². The fourth-order valence-electron chi connectivity index (χ4n) is 4.06. The Morgan fingerprint density at radius 3 is 2.25 bits per heavy atom. The smallest absolute Gasteiger partial charge is 0.290 e. The first kappa shape index (κ1) is 23.5. The molecule has 1 N–H and O–H groups in total. The Hall–Kier alpha value is -3.12. The minimum atomic E-state index is -0.566. The normalized spacial score (nSPS) is 16.2. The lowest BCUT2D eigenvalue weighted by molar-refractivity contribution is -0.129. The largest absolute Gasteiger partial charge is 0.503 e. The van der Waals surface area contributed by atoms with Crippen LogP contribution < -0.4 is 4.90 Å². The second-order valence-electron chi connectivity index (χ2n) is 8.71. The predicted octanol–water partition coefficient (Wildman–Crippen LogP) is 3.60. The molecule has 3 rings (SSSR count). The number of nitrogens with zero attached hydrogens (tertiary/aromatic N) is 3. The van der Waals surface area contributed by atoms with Gasteiger partial charge in [-0.3, -0.25) is 9.59 Å². The van der Waals surface area contributed by atoms with Crippen molar-refractivity contribution in [2.75, 3.05) is 46.2 Å². The third-order valence-electron chi connectivity index (χ3n) is 5.82. The van der Waals surface area contributed by atoms with E-state index in [1.54, 1.807) is 4.90 Å². The van der Waals surface area contributed by atoms with Gasteiger partial charge in [0.25, 0.3) is 5.91 Å². The van der Waals surface area contributed by atoms with Crippen molar-refractivity contribution in [1.82, 2.24) is 9.80 Å². The number of rotatable bonds is 10. The summed E-state index contributed by atoms with van der Waals surface area (Å²) in [4.78, 5) is 31.9. The number of hydrogen-bond acceptors (Lipinski definition) is 5. The van der Waals surface area contributed by atoms with E-state index in [1.165, 1.54) is 0 Å². The molecule has 1 amide bonds. The van der Waals surface area contributed by atoms with Crippen molar-refractivity contribution < 1.29 is 14.7 Å². The highest BCUT2D eigenvalue weighted by Crippen LogP contribution is 2.39. The fraction of sp³-hybridized carbons (Fsp3) is 0.385. The van der Waals surface area contributed by atoms with Gasteiger partial charge in [-0.1, -0.05) is 42.5 Å². The fourth-order valence-corrected chi connectivity index (χ4v) is 4.06. The number of aliphatic hydroxyl groups excluding tert-OH is 1. The van der Waals surface area contributed by atoms with E-state index in [0.717, 1.165) is 29.8 Å². The molecule has 2 aromatic rings. The summed E-state index contributed by atoms with van der Waals surface area (Å²) in [7, 11) is 7.90. The number of anilines is 1. The zero-order valence-corrected chi connectivity index (χ0v) is 19.4. The second kappa shape index (κ2) is 10.5. The monoisotopic (exact) mass is 435 g/mol. The molecule has 1 atom stereocenters. The molecule has 0 fully saturated rings. The molecular formula is C26H33N3O3. The molecule has 6 heteroatoms. The van der Waals surface area contributed by atoms with Crippen LogP contribution in [0, 0.1) is 0 Å². The average Bonchev–Trinajstić information content (AvgIpc) is 3.03. The highest BCUT2D eigenvalue weighted by molar-refractivity contribution is 6.09. The lowest BCUT2D eigenvalue weighted by Crippen LogP contribution is -2.33. The summed E-state index contributed by atoms with van der Waals surface area (Å²) in [6.45, 7) is 1.28. The number of carbonyl (C=O) groups is 2. The van der Waals surface area contributed by atoms with Crippen molar-refractivity contribution in [3.05, 3.63) is 77.1 Å².